The number of urea groups is 1. The lowest BCUT2D eigenvalue weighted by Gasteiger charge is -2.31. The van der Waals surface area contributed by atoms with E-state index in [0.29, 0.717) is 34.0 Å². The van der Waals surface area contributed by atoms with Crippen LogP contribution < -0.4 is 5.32 Å². The maximum absolute atomic E-state index is 13.6. The van der Waals surface area contributed by atoms with Crippen molar-refractivity contribution in [1.82, 2.24) is 14.8 Å². The molecule has 0 aliphatic carbocycles. The van der Waals surface area contributed by atoms with E-state index in [1.165, 1.54) is 22.5 Å². The van der Waals surface area contributed by atoms with E-state index in [1.807, 2.05) is 28.5 Å². The molecule has 1 fully saturated rings. The van der Waals surface area contributed by atoms with Crippen molar-refractivity contribution in [3.63, 3.8) is 0 Å². The molecule has 4 aromatic rings. The molecule has 0 unspecified atom stereocenters. The number of nitrogens with zero attached hydrogens (tertiary/aromatic N) is 3. The summed E-state index contributed by atoms with van der Waals surface area (Å²) < 4.78 is 5.51. The predicted molar refractivity (Wildman–Crippen MR) is 165 cm³/mol. The van der Waals surface area contributed by atoms with Crippen molar-refractivity contribution < 1.29 is 9.53 Å². The summed E-state index contributed by atoms with van der Waals surface area (Å²) >= 11 is 13.8. The first-order chi connectivity index (χ1) is 19.6. The van der Waals surface area contributed by atoms with Gasteiger partial charge in [0.05, 0.1) is 23.9 Å². The van der Waals surface area contributed by atoms with Gasteiger partial charge in [0, 0.05) is 54.6 Å². The van der Waals surface area contributed by atoms with E-state index in [9.17, 15) is 4.79 Å². The lowest BCUT2D eigenvalue weighted by atomic mass is 9.88. The van der Waals surface area contributed by atoms with Gasteiger partial charge in [-0.3, -0.25) is 10.2 Å². The van der Waals surface area contributed by atoms with Gasteiger partial charge in [-0.25, -0.2) is 9.78 Å². The molecule has 1 aliphatic heterocycles. The molecule has 2 amide bonds. The van der Waals surface area contributed by atoms with Crippen LogP contribution in [0.4, 0.5) is 9.93 Å². The highest BCUT2D eigenvalue weighted by molar-refractivity contribution is 7.14. The Morgan fingerprint density at radius 2 is 1.65 bits per heavy atom. The number of anilines is 1. The predicted octanol–water partition coefficient (Wildman–Crippen LogP) is 7.51. The fraction of sp³-hybridized carbons (Fsp3) is 0.290. The summed E-state index contributed by atoms with van der Waals surface area (Å²) in [5.74, 6) is 0.180. The topological polar surface area (TPSA) is 57.7 Å². The summed E-state index contributed by atoms with van der Waals surface area (Å²) in [4.78, 5) is 22.5. The van der Waals surface area contributed by atoms with Crippen LogP contribution in [0.3, 0.4) is 0 Å². The number of benzene rings is 3. The SMILES string of the molecule is O=C(Nc1nc(-c2ccc(Cl)cc2Cl)cs1)N(CCC(c1ccccc1)c1ccccc1)CCN1CCOCC1. The van der Waals surface area contributed by atoms with Crippen LogP contribution in [0.2, 0.25) is 10.0 Å². The van der Waals surface area contributed by atoms with Crippen LogP contribution in [-0.2, 0) is 4.74 Å². The Hall–Kier alpha value is -2.94. The number of rotatable bonds is 10. The second-order valence-corrected chi connectivity index (χ2v) is 11.4. The number of halogens is 2. The van der Waals surface area contributed by atoms with Crippen molar-refractivity contribution >= 4 is 45.7 Å². The molecule has 1 saturated heterocycles. The number of hydrogen-bond donors (Lipinski definition) is 1. The first-order valence-corrected chi connectivity index (χ1v) is 15.1. The number of carbonyl (C=O) groups is 1. The molecule has 1 N–H and O–H groups in total. The van der Waals surface area contributed by atoms with E-state index < -0.39 is 0 Å². The highest BCUT2D eigenvalue weighted by atomic mass is 35.5. The van der Waals surface area contributed by atoms with Gasteiger partial charge in [0.15, 0.2) is 5.13 Å². The standard InChI is InChI=1S/C31H32Cl2N4O2S/c32-25-11-12-27(28(33)21-25)29-22-40-30(34-29)35-31(38)37(16-15-36-17-19-39-20-18-36)14-13-26(23-7-3-1-4-8-23)24-9-5-2-6-10-24/h1-12,21-22,26H,13-20H2,(H,34,35,38). The van der Waals surface area contributed by atoms with Gasteiger partial charge in [-0.15, -0.1) is 11.3 Å². The average Bonchev–Trinajstić information content (AvgIpc) is 3.44. The zero-order valence-corrected chi connectivity index (χ0v) is 24.5. The fourth-order valence-electron chi connectivity index (χ4n) is 4.91. The van der Waals surface area contributed by atoms with E-state index in [0.717, 1.165) is 44.8 Å². The molecule has 0 bridgehead atoms. The Kier molecular flexibility index (Phi) is 10.1. The number of thiazole rings is 1. The third-order valence-corrected chi connectivity index (χ3v) is 8.40. The normalized spacial score (nSPS) is 13.9. The Morgan fingerprint density at radius 3 is 2.30 bits per heavy atom. The second kappa shape index (κ2) is 14.1. The molecule has 40 heavy (non-hydrogen) atoms. The molecular weight excluding hydrogens is 563 g/mol. The van der Waals surface area contributed by atoms with Crippen molar-refractivity contribution in [1.29, 1.82) is 0 Å². The average molecular weight is 596 g/mol. The van der Waals surface area contributed by atoms with E-state index in [2.05, 4.69) is 63.7 Å². The van der Waals surface area contributed by atoms with Gasteiger partial charge in [-0.05, 0) is 35.7 Å². The number of hydrogen-bond acceptors (Lipinski definition) is 5. The Labute approximate surface area is 249 Å². The Morgan fingerprint density at radius 1 is 0.975 bits per heavy atom. The maximum atomic E-state index is 13.6. The van der Waals surface area contributed by atoms with Gasteiger partial charge in [-0.1, -0.05) is 83.9 Å². The van der Waals surface area contributed by atoms with Gasteiger partial charge >= 0.3 is 6.03 Å². The molecule has 6 nitrogen and oxygen atoms in total. The van der Waals surface area contributed by atoms with E-state index in [1.54, 1.807) is 12.1 Å². The smallest absolute Gasteiger partial charge is 0.323 e. The van der Waals surface area contributed by atoms with Crippen molar-refractivity contribution in [2.24, 2.45) is 0 Å². The molecule has 5 rings (SSSR count). The van der Waals surface area contributed by atoms with Crippen LogP contribution in [0.25, 0.3) is 11.3 Å². The number of morpholine rings is 1. The van der Waals surface area contributed by atoms with Crippen molar-refractivity contribution in [3.8, 4) is 11.3 Å². The summed E-state index contributed by atoms with van der Waals surface area (Å²) in [6.07, 6.45) is 0.800. The molecule has 3 aromatic carbocycles. The van der Waals surface area contributed by atoms with Gasteiger partial charge < -0.3 is 9.64 Å². The zero-order valence-electron chi connectivity index (χ0n) is 22.1. The van der Waals surface area contributed by atoms with Crippen molar-refractivity contribution in [2.75, 3.05) is 51.3 Å². The van der Waals surface area contributed by atoms with E-state index in [-0.39, 0.29) is 11.9 Å². The quantitative estimate of drug-likeness (QED) is 0.206. The first-order valence-electron chi connectivity index (χ1n) is 13.4. The Bertz CT molecular complexity index is 1340. The maximum Gasteiger partial charge on any atom is 0.323 e. The summed E-state index contributed by atoms with van der Waals surface area (Å²) in [5.41, 5.74) is 3.97. The number of amides is 2. The highest BCUT2D eigenvalue weighted by Gasteiger charge is 2.21. The largest absolute Gasteiger partial charge is 0.379 e. The first kappa shape index (κ1) is 28.6. The fourth-order valence-corrected chi connectivity index (χ4v) is 6.11. The zero-order chi connectivity index (χ0) is 27.7. The highest BCUT2D eigenvalue weighted by Crippen LogP contribution is 2.33. The van der Waals surface area contributed by atoms with Gasteiger partial charge in [0.25, 0.3) is 0 Å². The van der Waals surface area contributed by atoms with Crippen LogP contribution in [0.1, 0.15) is 23.5 Å². The third kappa shape index (κ3) is 7.62. The van der Waals surface area contributed by atoms with E-state index in [4.69, 9.17) is 27.9 Å². The van der Waals surface area contributed by atoms with Crippen LogP contribution in [0, 0.1) is 0 Å². The summed E-state index contributed by atoms with van der Waals surface area (Å²) in [7, 11) is 0. The lowest BCUT2D eigenvalue weighted by Crippen LogP contribution is -2.44. The number of carbonyl (C=O) groups excluding carboxylic acids is 1. The van der Waals surface area contributed by atoms with Crippen LogP contribution >= 0.6 is 34.5 Å². The van der Waals surface area contributed by atoms with Gasteiger partial charge in [-0.2, -0.15) is 0 Å². The van der Waals surface area contributed by atoms with Crippen molar-refractivity contribution in [2.45, 2.75) is 12.3 Å². The van der Waals surface area contributed by atoms with Gasteiger partial charge in [0.2, 0.25) is 0 Å². The molecule has 0 saturated carbocycles. The Balaban J connectivity index is 1.31. The summed E-state index contributed by atoms with van der Waals surface area (Å²) in [6, 6.07) is 26.2. The van der Waals surface area contributed by atoms with E-state index >= 15 is 0 Å². The molecule has 1 aliphatic rings. The molecule has 9 heteroatoms. The molecule has 0 atom stereocenters. The molecular formula is C31H32Cl2N4O2S. The monoisotopic (exact) mass is 594 g/mol. The van der Waals surface area contributed by atoms with Crippen LogP contribution in [0.15, 0.2) is 84.2 Å². The number of ether oxygens (including phenoxy) is 1. The summed E-state index contributed by atoms with van der Waals surface area (Å²) in [5, 5.41) is 6.55. The van der Waals surface area contributed by atoms with Crippen LogP contribution in [-0.4, -0.2) is 66.8 Å². The molecule has 2 heterocycles. The number of aromatic nitrogens is 1. The number of nitrogens with one attached hydrogen (secondary N) is 1. The minimum atomic E-state index is -0.156. The summed E-state index contributed by atoms with van der Waals surface area (Å²) in [6.45, 7) is 5.22. The van der Waals surface area contributed by atoms with Crippen LogP contribution in [0.5, 0.6) is 0 Å². The third-order valence-electron chi connectivity index (χ3n) is 7.09. The second-order valence-electron chi connectivity index (χ2n) is 9.70. The molecule has 0 radical (unpaired) electrons. The minimum Gasteiger partial charge on any atom is -0.379 e. The van der Waals surface area contributed by atoms with Crippen molar-refractivity contribution in [3.05, 3.63) is 105 Å². The minimum absolute atomic E-state index is 0.156. The lowest BCUT2D eigenvalue weighted by molar-refractivity contribution is 0.0351. The molecule has 208 valence electrons. The van der Waals surface area contributed by atoms with Gasteiger partial charge in [0.1, 0.15) is 0 Å². The molecule has 0 spiro atoms. The molecule has 1 aromatic heterocycles.